The summed E-state index contributed by atoms with van der Waals surface area (Å²) >= 11 is 3.40. The summed E-state index contributed by atoms with van der Waals surface area (Å²) in [5, 5.41) is 8.06. The van der Waals surface area contributed by atoms with Crippen LogP contribution in [0.15, 0.2) is 27.8 Å². The van der Waals surface area contributed by atoms with Gasteiger partial charge in [-0.25, -0.2) is 4.99 Å². The van der Waals surface area contributed by atoms with Crippen molar-refractivity contribution in [3.8, 4) is 0 Å². The molecule has 1 aromatic heterocycles. The number of carbonyl (C=O) groups excluding carboxylic acids is 1. The van der Waals surface area contributed by atoms with E-state index in [1.54, 1.807) is 7.05 Å². The van der Waals surface area contributed by atoms with Crippen LogP contribution < -0.4 is 5.73 Å². The van der Waals surface area contributed by atoms with E-state index in [0.717, 1.165) is 21.1 Å². The van der Waals surface area contributed by atoms with Crippen LogP contribution in [0.25, 0.3) is 10.9 Å². The fraction of sp³-hybridized carbons (Fsp3) is 0.308. The maximum absolute atomic E-state index is 12.4. The van der Waals surface area contributed by atoms with Crippen molar-refractivity contribution < 1.29 is 4.79 Å². The van der Waals surface area contributed by atoms with E-state index in [-0.39, 0.29) is 23.8 Å². The number of aromatic amines is 1. The molecule has 6 nitrogen and oxygen atoms in total. The molecule has 0 bridgehead atoms. The Kier molecular flexibility index (Phi) is 3.01. The van der Waals surface area contributed by atoms with Crippen molar-refractivity contribution in [2.75, 3.05) is 7.05 Å². The first-order valence-corrected chi connectivity index (χ1v) is 7.02. The number of nitrogens with two attached hydrogens (primary N) is 1. The zero-order valence-corrected chi connectivity index (χ0v) is 12.7. The van der Waals surface area contributed by atoms with Crippen LogP contribution in [0.1, 0.15) is 18.4 Å². The first-order valence-electron chi connectivity index (χ1n) is 6.23. The van der Waals surface area contributed by atoms with Gasteiger partial charge in [0.05, 0.1) is 17.5 Å². The Bertz CT molecular complexity index is 723. The summed E-state index contributed by atoms with van der Waals surface area (Å²) in [4.78, 5) is 18.1. The largest absolute Gasteiger partial charge is 0.369 e. The van der Waals surface area contributed by atoms with E-state index in [9.17, 15) is 4.79 Å². The second kappa shape index (κ2) is 4.59. The van der Waals surface area contributed by atoms with Crippen LogP contribution in [0.5, 0.6) is 0 Å². The Morgan fingerprint density at radius 2 is 2.20 bits per heavy atom. The number of benzene rings is 1. The van der Waals surface area contributed by atoms with Crippen molar-refractivity contribution in [1.29, 1.82) is 0 Å². The lowest BCUT2D eigenvalue weighted by molar-refractivity contribution is -0.129. The molecule has 0 saturated carbocycles. The lowest BCUT2D eigenvalue weighted by atomic mass is 9.90. The predicted octanol–water partition coefficient (Wildman–Crippen LogP) is 1.58. The Morgan fingerprint density at radius 1 is 1.45 bits per heavy atom. The van der Waals surface area contributed by atoms with Gasteiger partial charge in [-0.3, -0.25) is 14.8 Å². The maximum atomic E-state index is 12.4. The normalized spacial score (nSPS) is 23.2. The molecule has 3 rings (SSSR count). The number of rotatable bonds is 1. The van der Waals surface area contributed by atoms with E-state index < -0.39 is 0 Å². The summed E-state index contributed by atoms with van der Waals surface area (Å²) in [7, 11) is 1.64. The highest BCUT2D eigenvalue weighted by molar-refractivity contribution is 9.10. The van der Waals surface area contributed by atoms with Gasteiger partial charge in [0.25, 0.3) is 0 Å². The molecule has 1 aliphatic heterocycles. The summed E-state index contributed by atoms with van der Waals surface area (Å²) in [5.41, 5.74) is 7.44. The first kappa shape index (κ1) is 13.1. The zero-order chi connectivity index (χ0) is 14.4. The molecule has 0 spiro atoms. The third-order valence-corrected chi connectivity index (χ3v) is 4.25. The van der Waals surface area contributed by atoms with Gasteiger partial charge in [-0.15, -0.1) is 0 Å². The van der Waals surface area contributed by atoms with Crippen LogP contribution in [-0.2, 0) is 4.79 Å². The number of nitrogens with one attached hydrogen (secondary N) is 1. The van der Waals surface area contributed by atoms with Gasteiger partial charge in [-0.2, -0.15) is 5.10 Å². The van der Waals surface area contributed by atoms with E-state index in [2.05, 4.69) is 31.1 Å². The van der Waals surface area contributed by atoms with Gasteiger partial charge in [-0.1, -0.05) is 6.07 Å². The number of halogens is 1. The molecule has 1 aliphatic rings. The van der Waals surface area contributed by atoms with Crippen LogP contribution >= 0.6 is 15.9 Å². The van der Waals surface area contributed by atoms with Crippen molar-refractivity contribution in [2.45, 2.75) is 18.9 Å². The molecule has 0 aliphatic carbocycles. The highest BCUT2D eigenvalue weighted by Crippen LogP contribution is 2.30. The first-order chi connectivity index (χ1) is 9.49. The van der Waals surface area contributed by atoms with Crippen LogP contribution in [0, 0.1) is 0 Å². The Labute approximate surface area is 124 Å². The topological polar surface area (TPSA) is 87.4 Å². The molecule has 1 unspecified atom stereocenters. The SMILES string of the molecule is C[C@@H]1N=C(N)N(C)C(=O)C1c1ccc2c(Br)[nH]nc2c1. The lowest BCUT2D eigenvalue weighted by Gasteiger charge is -2.31. The molecule has 2 atom stereocenters. The van der Waals surface area contributed by atoms with Crippen LogP contribution in [0.4, 0.5) is 0 Å². The van der Waals surface area contributed by atoms with Gasteiger partial charge in [-0.05, 0) is 40.5 Å². The van der Waals surface area contributed by atoms with Gasteiger partial charge < -0.3 is 5.73 Å². The number of likely N-dealkylation sites (N-methyl/N-ethyl adjacent to an activating group) is 1. The number of hydrogen-bond donors (Lipinski definition) is 2. The number of carbonyl (C=O) groups is 1. The van der Waals surface area contributed by atoms with Gasteiger partial charge in [0.2, 0.25) is 5.91 Å². The monoisotopic (exact) mass is 335 g/mol. The highest BCUT2D eigenvalue weighted by Gasteiger charge is 2.34. The second-order valence-electron chi connectivity index (χ2n) is 4.92. The molecule has 1 amide bonds. The number of aliphatic imine (C=N–C) groups is 1. The predicted molar refractivity (Wildman–Crippen MR) is 80.4 cm³/mol. The average molecular weight is 336 g/mol. The van der Waals surface area contributed by atoms with Crippen molar-refractivity contribution in [2.24, 2.45) is 10.7 Å². The van der Waals surface area contributed by atoms with Crippen LogP contribution in [0.3, 0.4) is 0 Å². The third kappa shape index (κ3) is 1.89. The van der Waals surface area contributed by atoms with Crippen molar-refractivity contribution in [3.05, 3.63) is 28.4 Å². The number of hydrogen-bond acceptors (Lipinski definition) is 4. The number of aromatic nitrogens is 2. The van der Waals surface area contributed by atoms with Crippen LogP contribution in [-0.4, -0.2) is 40.1 Å². The second-order valence-corrected chi connectivity index (χ2v) is 5.71. The number of amides is 1. The zero-order valence-electron chi connectivity index (χ0n) is 11.1. The smallest absolute Gasteiger partial charge is 0.238 e. The van der Waals surface area contributed by atoms with Crippen LogP contribution in [0.2, 0.25) is 0 Å². The standard InChI is InChI=1S/C13H14BrN5O/c1-6-10(12(20)19(2)13(15)16-6)7-3-4-8-9(5-7)17-18-11(8)14/h3-6,10H,1-2H3,(H2,15,16)(H,17,18)/t6-,10?/m0/s1. The van der Waals surface area contributed by atoms with Crippen molar-refractivity contribution >= 4 is 38.7 Å². The Hall–Kier alpha value is -1.89. The summed E-state index contributed by atoms with van der Waals surface area (Å²) < 4.78 is 0.835. The van der Waals surface area contributed by atoms with Gasteiger partial charge in [0.1, 0.15) is 4.60 Å². The van der Waals surface area contributed by atoms with E-state index in [1.165, 1.54) is 4.90 Å². The molecule has 2 aromatic rings. The third-order valence-electron chi connectivity index (χ3n) is 3.65. The highest BCUT2D eigenvalue weighted by atomic mass is 79.9. The molecule has 3 N–H and O–H groups in total. The van der Waals surface area contributed by atoms with E-state index >= 15 is 0 Å². The molecule has 20 heavy (non-hydrogen) atoms. The molecule has 0 radical (unpaired) electrons. The van der Waals surface area contributed by atoms with E-state index in [0.29, 0.717) is 0 Å². The molecule has 0 fully saturated rings. The molecule has 1 aromatic carbocycles. The number of H-pyrrole nitrogens is 1. The minimum Gasteiger partial charge on any atom is -0.369 e. The number of guanidine groups is 1. The summed E-state index contributed by atoms with van der Waals surface area (Å²) in [6.45, 7) is 1.90. The molecule has 2 heterocycles. The van der Waals surface area contributed by atoms with Gasteiger partial charge in [0, 0.05) is 12.4 Å². The molecule has 0 saturated heterocycles. The van der Waals surface area contributed by atoms with E-state index in [1.807, 2.05) is 25.1 Å². The number of nitrogens with zero attached hydrogens (tertiary/aromatic N) is 3. The summed E-state index contributed by atoms with van der Waals surface area (Å²) in [5.74, 6) is -0.103. The molecule has 7 heteroatoms. The summed E-state index contributed by atoms with van der Waals surface area (Å²) in [6.07, 6.45) is 0. The van der Waals surface area contributed by atoms with Gasteiger partial charge >= 0.3 is 0 Å². The fourth-order valence-corrected chi connectivity index (χ4v) is 2.93. The van der Waals surface area contributed by atoms with E-state index in [4.69, 9.17) is 5.73 Å². The molecular weight excluding hydrogens is 322 g/mol. The lowest BCUT2D eigenvalue weighted by Crippen LogP contribution is -2.48. The Morgan fingerprint density at radius 3 is 2.95 bits per heavy atom. The van der Waals surface area contributed by atoms with Crippen molar-refractivity contribution in [3.63, 3.8) is 0 Å². The average Bonchev–Trinajstić information content (AvgIpc) is 2.78. The maximum Gasteiger partial charge on any atom is 0.238 e. The minimum atomic E-state index is -0.327. The quantitative estimate of drug-likeness (QED) is 0.829. The number of fused-ring (bicyclic) bond motifs is 1. The molecule has 104 valence electrons. The van der Waals surface area contributed by atoms with Crippen molar-refractivity contribution in [1.82, 2.24) is 15.1 Å². The summed E-state index contributed by atoms with van der Waals surface area (Å²) in [6, 6.07) is 5.62. The fourth-order valence-electron chi connectivity index (χ4n) is 2.51. The van der Waals surface area contributed by atoms with Gasteiger partial charge in [0.15, 0.2) is 5.96 Å². The molecular formula is C13H14BrN5O. The Balaban J connectivity index is 2.08. The minimum absolute atomic E-state index is 0.0426.